The lowest BCUT2D eigenvalue weighted by Crippen LogP contribution is -1.97. The average molecular weight is 268 g/mol. The van der Waals surface area contributed by atoms with Crippen LogP contribution in [-0.2, 0) is 6.61 Å². The van der Waals surface area contributed by atoms with Crippen LogP contribution in [0.4, 0.5) is 0 Å². The number of para-hydroxylation sites is 1. The number of aromatic nitrogens is 2. The summed E-state index contributed by atoms with van der Waals surface area (Å²) >= 11 is 0. The van der Waals surface area contributed by atoms with E-state index in [1.165, 1.54) is 6.07 Å². The van der Waals surface area contributed by atoms with Gasteiger partial charge in [-0.05, 0) is 24.3 Å². The van der Waals surface area contributed by atoms with Gasteiger partial charge in [-0.15, -0.1) is 0 Å². The molecule has 5 nitrogen and oxygen atoms in total. The first-order chi connectivity index (χ1) is 9.72. The molecule has 0 saturated carbocycles. The number of carbonyl (C=O) groups is 1. The van der Waals surface area contributed by atoms with Crippen LogP contribution in [0.1, 0.15) is 16.1 Å². The Morgan fingerprint density at radius 2 is 2.05 bits per heavy atom. The summed E-state index contributed by atoms with van der Waals surface area (Å²) in [4.78, 5) is 15.2. The highest BCUT2D eigenvalue weighted by Gasteiger charge is 2.07. The molecule has 0 saturated heterocycles. The molecule has 0 unspecified atom stereocenters. The van der Waals surface area contributed by atoms with Crippen LogP contribution < -0.4 is 4.74 Å². The molecule has 5 heteroatoms. The second kappa shape index (κ2) is 5.05. The van der Waals surface area contributed by atoms with Crippen LogP contribution in [-0.4, -0.2) is 20.5 Å². The van der Waals surface area contributed by atoms with Crippen LogP contribution in [0.25, 0.3) is 5.65 Å². The molecule has 0 fully saturated rings. The van der Waals surface area contributed by atoms with Gasteiger partial charge in [-0.2, -0.15) is 0 Å². The molecule has 2 aromatic heterocycles. The van der Waals surface area contributed by atoms with Gasteiger partial charge in [0.25, 0.3) is 0 Å². The molecule has 100 valence electrons. The first kappa shape index (κ1) is 12.2. The first-order valence-electron chi connectivity index (χ1n) is 6.11. The monoisotopic (exact) mass is 268 g/mol. The van der Waals surface area contributed by atoms with E-state index in [9.17, 15) is 4.79 Å². The van der Waals surface area contributed by atoms with E-state index in [0.29, 0.717) is 12.3 Å². The van der Waals surface area contributed by atoms with Gasteiger partial charge in [0.1, 0.15) is 18.0 Å². The lowest BCUT2D eigenvalue weighted by Gasteiger charge is -2.02. The summed E-state index contributed by atoms with van der Waals surface area (Å²) in [6.07, 6.45) is 3.50. The molecule has 0 atom stereocenters. The van der Waals surface area contributed by atoms with Gasteiger partial charge in [0.05, 0.1) is 11.3 Å². The third-order valence-corrected chi connectivity index (χ3v) is 2.89. The van der Waals surface area contributed by atoms with E-state index in [4.69, 9.17) is 9.84 Å². The number of fused-ring (bicyclic) bond motifs is 1. The zero-order chi connectivity index (χ0) is 13.9. The molecule has 0 aliphatic heterocycles. The number of hydrogen-bond donors (Lipinski definition) is 1. The Kier molecular flexibility index (Phi) is 3.09. The Hall–Kier alpha value is -2.82. The summed E-state index contributed by atoms with van der Waals surface area (Å²) in [5.41, 5.74) is 1.56. The number of carboxylic acids is 1. The van der Waals surface area contributed by atoms with Gasteiger partial charge in [-0.1, -0.05) is 18.2 Å². The van der Waals surface area contributed by atoms with Gasteiger partial charge in [0.2, 0.25) is 0 Å². The van der Waals surface area contributed by atoms with Gasteiger partial charge < -0.3 is 14.2 Å². The molecule has 20 heavy (non-hydrogen) atoms. The molecular weight excluding hydrogens is 256 g/mol. The fraction of sp³-hybridized carbons (Fsp3) is 0.0667. The fourth-order valence-corrected chi connectivity index (χ4v) is 1.91. The quantitative estimate of drug-likeness (QED) is 0.790. The number of rotatable bonds is 4. The van der Waals surface area contributed by atoms with Crippen molar-refractivity contribution in [1.82, 2.24) is 9.38 Å². The zero-order valence-corrected chi connectivity index (χ0v) is 10.6. The van der Waals surface area contributed by atoms with E-state index >= 15 is 0 Å². The Bertz CT molecular complexity index is 750. The lowest BCUT2D eigenvalue weighted by atomic mass is 10.3. The van der Waals surface area contributed by atoms with E-state index in [0.717, 1.165) is 11.4 Å². The number of aromatic carboxylic acids is 1. The highest BCUT2D eigenvalue weighted by Crippen LogP contribution is 2.13. The Balaban J connectivity index is 1.80. The summed E-state index contributed by atoms with van der Waals surface area (Å²) in [6.45, 7) is 0.341. The van der Waals surface area contributed by atoms with Crippen molar-refractivity contribution >= 4 is 11.6 Å². The second-order valence-electron chi connectivity index (χ2n) is 4.32. The van der Waals surface area contributed by atoms with Crippen molar-refractivity contribution in [2.75, 3.05) is 0 Å². The topological polar surface area (TPSA) is 63.8 Å². The van der Waals surface area contributed by atoms with E-state index in [2.05, 4.69) is 4.98 Å². The average Bonchev–Trinajstić information content (AvgIpc) is 2.88. The van der Waals surface area contributed by atoms with Crippen molar-refractivity contribution in [2.45, 2.75) is 6.61 Å². The Morgan fingerprint density at radius 3 is 2.80 bits per heavy atom. The molecule has 3 rings (SSSR count). The van der Waals surface area contributed by atoms with Crippen molar-refractivity contribution in [3.05, 3.63) is 66.1 Å². The maximum absolute atomic E-state index is 10.9. The fourth-order valence-electron chi connectivity index (χ4n) is 1.91. The number of imidazole rings is 1. The van der Waals surface area contributed by atoms with Gasteiger partial charge in [0, 0.05) is 12.4 Å². The standard InChI is InChI=1S/C15H12N2O3/c18-15(19)11-6-7-17-9-12(16-14(17)8-11)10-20-13-4-2-1-3-5-13/h1-9H,10H2,(H,18,19). The lowest BCUT2D eigenvalue weighted by molar-refractivity contribution is 0.0697. The molecule has 2 heterocycles. The molecule has 0 bridgehead atoms. The number of benzene rings is 1. The number of hydrogen-bond acceptors (Lipinski definition) is 3. The van der Waals surface area contributed by atoms with Crippen LogP contribution in [0.15, 0.2) is 54.9 Å². The highest BCUT2D eigenvalue weighted by molar-refractivity contribution is 5.88. The normalized spacial score (nSPS) is 10.6. The van der Waals surface area contributed by atoms with Crippen molar-refractivity contribution in [3.63, 3.8) is 0 Å². The van der Waals surface area contributed by atoms with Crippen LogP contribution in [0.3, 0.4) is 0 Å². The first-order valence-corrected chi connectivity index (χ1v) is 6.11. The largest absolute Gasteiger partial charge is 0.487 e. The van der Waals surface area contributed by atoms with Gasteiger partial charge in [0.15, 0.2) is 0 Å². The molecule has 0 radical (unpaired) electrons. The Morgan fingerprint density at radius 1 is 1.25 bits per heavy atom. The minimum Gasteiger partial charge on any atom is -0.487 e. The number of ether oxygens (including phenoxy) is 1. The van der Waals surface area contributed by atoms with Crippen LogP contribution in [0.5, 0.6) is 5.75 Å². The second-order valence-corrected chi connectivity index (χ2v) is 4.32. The summed E-state index contributed by atoms with van der Waals surface area (Å²) < 4.78 is 7.38. The molecule has 0 aliphatic rings. The SMILES string of the molecule is O=C(O)c1ccn2cc(COc3ccccc3)nc2c1. The maximum atomic E-state index is 10.9. The van der Waals surface area contributed by atoms with Gasteiger partial charge in [-0.3, -0.25) is 0 Å². The maximum Gasteiger partial charge on any atom is 0.335 e. The van der Waals surface area contributed by atoms with E-state index < -0.39 is 5.97 Å². The summed E-state index contributed by atoms with van der Waals surface area (Å²) in [5, 5.41) is 8.94. The van der Waals surface area contributed by atoms with Crippen molar-refractivity contribution in [1.29, 1.82) is 0 Å². The van der Waals surface area contributed by atoms with E-state index in [-0.39, 0.29) is 5.56 Å². The zero-order valence-electron chi connectivity index (χ0n) is 10.6. The predicted octanol–water partition coefficient (Wildman–Crippen LogP) is 2.61. The molecule has 0 aliphatic carbocycles. The summed E-state index contributed by atoms with van der Waals surface area (Å²) in [7, 11) is 0. The number of carboxylic acid groups (broad SMARTS) is 1. The van der Waals surface area contributed by atoms with Crippen LogP contribution >= 0.6 is 0 Å². The smallest absolute Gasteiger partial charge is 0.335 e. The van der Waals surface area contributed by atoms with E-state index in [1.807, 2.05) is 36.5 Å². The number of pyridine rings is 1. The minimum absolute atomic E-state index is 0.221. The van der Waals surface area contributed by atoms with Gasteiger partial charge in [-0.25, -0.2) is 9.78 Å². The number of nitrogens with zero attached hydrogens (tertiary/aromatic N) is 2. The van der Waals surface area contributed by atoms with Crippen molar-refractivity contribution < 1.29 is 14.6 Å². The van der Waals surface area contributed by atoms with Crippen LogP contribution in [0.2, 0.25) is 0 Å². The minimum atomic E-state index is -0.961. The molecule has 0 amide bonds. The third-order valence-electron chi connectivity index (χ3n) is 2.89. The Labute approximate surface area is 115 Å². The molecule has 1 aromatic carbocycles. The predicted molar refractivity (Wildman–Crippen MR) is 72.9 cm³/mol. The third kappa shape index (κ3) is 2.47. The van der Waals surface area contributed by atoms with Crippen molar-refractivity contribution in [2.24, 2.45) is 0 Å². The van der Waals surface area contributed by atoms with Crippen LogP contribution in [0, 0.1) is 0 Å². The summed E-state index contributed by atoms with van der Waals surface area (Å²) in [5.74, 6) is -0.187. The summed E-state index contributed by atoms with van der Waals surface area (Å²) in [6, 6.07) is 12.5. The molecular formula is C15H12N2O3. The molecule has 1 N–H and O–H groups in total. The van der Waals surface area contributed by atoms with Gasteiger partial charge >= 0.3 is 5.97 Å². The van der Waals surface area contributed by atoms with Crippen molar-refractivity contribution in [3.8, 4) is 5.75 Å². The molecule has 3 aromatic rings. The molecule has 0 spiro atoms. The van der Waals surface area contributed by atoms with E-state index in [1.54, 1.807) is 16.7 Å². The highest BCUT2D eigenvalue weighted by atomic mass is 16.5.